The molecule has 0 heterocycles. The van der Waals surface area contributed by atoms with Crippen LogP contribution in [0.5, 0.6) is 17.2 Å². The van der Waals surface area contributed by atoms with Crippen LogP contribution in [0.25, 0.3) is 0 Å². The number of ether oxygens (including phenoxy) is 2. The van der Waals surface area contributed by atoms with Gasteiger partial charge < -0.3 is 20.5 Å². The Balaban J connectivity index is 0.00000300. The number of hydrogen-bond donors (Lipinski definition) is 2. The number of carbonyl (C=O) groups excluding carboxylic acids is 1. The van der Waals surface area contributed by atoms with Gasteiger partial charge in [-0.1, -0.05) is 41.4 Å². The Kier molecular flexibility index (Phi) is 8.02. The lowest BCUT2D eigenvalue weighted by molar-refractivity contribution is -0.122. The summed E-state index contributed by atoms with van der Waals surface area (Å²) in [6.07, 6.45) is -0.771. The molecule has 0 radical (unpaired) electrons. The van der Waals surface area contributed by atoms with Crippen LogP contribution in [0.4, 0.5) is 11.4 Å². The van der Waals surface area contributed by atoms with Crippen molar-refractivity contribution in [1.29, 1.82) is 0 Å². The minimum absolute atomic E-state index is 0. The minimum Gasteiger partial charge on any atom is -0.477 e. The lowest BCUT2D eigenvalue weighted by atomic mass is 10.2. The lowest BCUT2D eigenvalue weighted by Gasteiger charge is -2.18. The Morgan fingerprint density at radius 1 is 0.966 bits per heavy atom. The molecule has 1 atom stereocenters. The van der Waals surface area contributed by atoms with Crippen molar-refractivity contribution >= 4 is 52.9 Å². The number of amides is 1. The van der Waals surface area contributed by atoms with Gasteiger partial charge in [0.25, 0.3) is 5.91 Å². The highest BCUT2D eigenvalue weighted by molar-refractivity contribution is 6.35. The second-order valence-electron chi connectivity index (χ2n) is 6.00. The molecule has 29 heavy (non-hydrogen) atoms. The van der Waals surface area contributed by atoms with Crippen molar-refractivity contribution in [1.82, 2.24) is 0 Å². The van der Waals surface area contributed by atoms with E-state index in [1.54, 1.807) is 73.7 Å². The van der Waals surface area contributed by atoms with Gasteiger partial charge in [-0.15, -0.1) is 12.4 Å². The predicted molar refractivity (Wildman–Crippen MR) is 120 cm³/mol. The van der Waals surface area contributed by atoms with E-state index in [0.29, 0.717) is 38.7 Å². The van der Waals surface area contributed by atoms with Crippen molar-refractivity contribution in [2.45, 2.75) is 13.0 Å². The van der Waals surface area contributed by atoms with Crippen LogP contribution in [0.15, 0.2) is 66.7 Å². The van der Waals surface area contributed by atoms with Crippen LogP contribution in [-0.2, 0) is 4.79 Å². The number of nitrogen functional groups attached to an aromatic ring is 1. The van der Waals surface area contributed by atoms with Crippen molar-refractivity contribution in [3.05, 3.63) is 76.8 Å². The van der Waals surface area contributed by atoms with Crippen molar-refractivity contribution in [3.8, 4) is 17.2 Å². The van der Waals surface area contributed by atoms with E-state index in [-0.39, 0.29) is 18.3 Å². The monoisotopic (exact) mass is 452 g/mol. The summed E-state index contributed by atoms with van der Waals surface area (Å²) in [7, 11) is 0. The third-order valence-electron chi connectivity index (χ3n) is 3.79. The number of hydrogen-bond acceptors (Lipinski definition) is 4. The van der Waals surface area contributed by atoms with Crippen LogP contribution < -0.4 is 20.5 Å². The fourth-order valence-corrected chi connectivity index (χ4v) is 2.86. The molecule has 5 nitrogen and oxygen atoms in total. The number of benzene rings is 3. The van der Waals surface area contributed by atoms with Gasteiger partial charge in [0.15, 0.2) is 17.6 Å². The van der Waals surface area contributed by atoms with Crippen LogP contribution in [0.1, 0.15) is 6.92 Å². The first-order valence-corrected chi connectivity index (χ1v) is 9.23. The van der Waals surface area contributed by atoms with Crippen molar-refractivity contribution < 1.29 is 14.3 Å². The SMILES string of the molecule is CC(Oc1ccccc1Oc1ccc(Cl)cc1Cl)C(=O)Nc1cccc(N)c1.Cl. The molecule has 3 rings (SSSR count). The van der Waals surface area contributed by atoms with Gasteiger partial charge in [0.1, 0.15) is 5.75 Å². The number of para-hydroxylation sites is 2. The molecule has 3 aromatic rings. The molecule has 0 spiro atoms. The number of rotatable bonds is 6. The molecule has 152 valence electrons. The zero-order chi connectivity index (χ0) is 20.1. The first-order chi connectivity index (χ1) is 13.4. The van der Waals surface area contributed by atoms with Crippen LogP contribution in [0.3, 0.4) is 0 Å². The molecule has 0 saturated carbocycles. The molecular weight excluding hydrogens is 435 g/mol. The second kappa shape index (κ2) is 10.3. The van der Waals surface area contributed by atoms with Crippen molar-refractivity contribution in [2.24, 2.45) is 0 Å². The summed E-state index contributed by atoms with van der Waals surface area (Å²) in [5.74, 6) is 0.947. The summed E-state index contributed by atoms with van der Waals surface area (Å²) < 4.78 is 11.7. The van der Waals surface area contributed by atoms with Crippen LogP contribution >= 0.6 is 35.6 Å². The highest BCUT2D eigenvalue weighted by Gasteiger charge is 2.18. The minimum atomic E-state index is -0.771. The van der Waals surface area contributed by atoms with E-state index in [9.17, 15) is 4.79 Å². The number of nitrogens with one attached hydrogen (secondary N) is 1. The number of anilines is 2. The fourth-order valence-electron chi connectivity index (χ4n) is 2.41. The normalized spacial score (nSPS) is 11.1. The van der Waals surface area contributed by atoms with Crippen LogP contribution in [0, 0.1) is 0 Å². The smallest absolute Gasteiger partial charge is 0.265 e. The molecule has 8 heteroatoms. The third kappa shape index (κ3) is 6.19. The maximum absolute atomic E-state index is 12.4. The van der Waals surface area contributed by atoms with E-state index in [1.165, 1.54) is 0 Å². The second-order valence-corrected chi connectivity index (χ2v) is 6.84. The average molecular weight is 454 g/mol. The summed E-state index contributed by atoms with van der Waals surface area (Å²) in [5, 5.41) is 3.64. The van der Waals surface area contributed by atoms with Crippen LogP contribution in [0.2, 0.25) is 10.0 Å². The Morgan fingerprint density at radius 2 is 1.69 bits per heavy atom. The molecular formula is C21H19Cl3N2O3. The number of carbonyl (C=O) groups is 1. The lowest BCUT2D eigenvalue weighted by Crippen LogP contribution is -2.30. The van der Waals surface area contributed by atoms with E-state index < -0.39 is 6.10 Å². The molecule has 0 aliphatic carbocycles. The summed E-state index contributed by atoms with van der Waals surface area (Å²) in [4.78, 5) is 12.4. The van der Waals surface area contributed by atoms with E-state index in [1.807, 2.05) is 0 Å². The predicted octanol–water partition coefficient (Wildman–Crippen LogP) is 6.20. The van der Waals surface area contributed by atoms with E-state index in [4.69, 9.17) is 38.4 Å². The first kappa shape index (κ1) is 22.7. The Labute approximate surface area is 185 Å². The van der Waals surface area contributed by atoms with Gasteiger partial charge in [-0.3, -0.25) is 4.79 Å². The summed E-state index contributed by atoms with van der Waals surface area (Å²) >= 11 is 12.1. The maximum atomic E-state index is 12.4. The molecule has 0 saturated heterocycles. The van der Waals surface area contributed by atoms with Crippen molar-refractivity contribution in [2.75, 3.05) is 11.1 Å². The van der Waals surface area contributed by atoms with Gasteiger partial charge in [-0.05, 0) is 55.5 Å². The quantitative estimate of drug-likeness (QED) is 0.436. The molecule has 3 N–H and O–H groups in total. The molecule has 1 amide bonds. The third-order valence-corrected chi connectivity index (χ3v) is 4.32. The fraction of sp³-hybridized carbons (Fsp3) is 0.0952. The van der Waals surface area contributed by atoms with Gasteiger partial charge in [0.2, 0.25) is 0 Å². The van der Waals surface area contributed by atoms with E-state index >= 15 is 0 Å². The highest BCUT2D eigenvalue weighted by Crippen LogP contribution is 2.36. The van der Waals surface area contributed by atoms with Gasteiger partial charge >= 0.3 is 0 Å². The summed E-state index contributed by atoms with van der Waals surface area (Å²) in [6, 6.07) is 18.9. The van der Waals surface area contributed by atoms with Gasteiger partial charge in [0.05, 0.1) is 5.02 Å². The zero-order valence-corrected chi connectivity index (χ0v) is 17.7. The number of halogens is 3. The van der Waals surface area contributed by atoms with E-state index in [0.717, 1.165) is 0 Å². The molecule has 0 fully saturated rings. The zero-order valence-electron chi connectivity index (χ0n) is 15.4. The van der Waals surface area contributed by atoms with Gasteiger partial charge in [0, 0.05) is 16.4 Å². The molecule has 3 aromatic carbocycles. The Hall–Kier alpha value is -2.60. The maximum Gasteiger partial charge on any atom is 0.265 e. The van der Waals surface area contributed by atoms with E-state index in [2.05, 4.69) is 5.32 Å². The van der Waals surface area contributed by atoms with Crippen molar-refractivity contribution in [3.63, 3.8) is 0 Å². The summed E-state index contributed by atoms with van der Waals surface area (Å²) in [6.45, 7) is 1.65. The first-order valence-electron chi connectivity index (χ1n) is 8.47. The largest absolute Gasteiger partial charge is 0.477 e. The van der Waals surface area contributed by atoms with Crippen LogP contribution in [-0.4, -0.2) is 12.0 Å². The Morgan fingerprint density at radius 3 is 2.38 bits per heavy atom. The van der Waals surface area contributed by atoms with Gasteiger partial charge in [-0.2, -0.15) is 0 Å². The molecule has 0 bridgehead atoms. The van der Waals surface area contributed by atoms with Gasteiger partial charge in [-0.25, -0.2) is 0 Å². The summed E-state index contributed by atoms with van der Waals surface area (Å²) in [5.41, 5.74) is 6.89. The molecule has 0 aliphatic rings. The molecule has 0 aliphatic heterocycles. The molecule has 1 unspecified atom stereocenters. The Bertz CT molecular complexity index is 998. The topological polar surface area (TPSA) is 73.6 Å². The highest BCUT2D eigenvalue weighted by atomic mass is 35.5. The number of nitrogens with two attached hydrogens (primary N) is 1. The average Bonchev–Trinajstić information content (AvgIpc) is 2.65. The molecule has 0 aromatic heterocycles. The standard InChI is InChI=1S/C21H18Cl2N2O3.ClH/c1-13(21(26)25-16-6-4-5-15(24)12-16)27-19-7-2-3-8-20(19)28-18-10-9-14(22)11-17(18)23;/h2-13H,24H2,1H3,(H,25,26);1H.